The minimum Gasteiger partial charge on any atom is -0.271 e. The first-order valence-electron chi connectivity index (χ1n) is 10.6. The van der Waals surface area contributed by atoms with Gasteiger partial charge in [0, 0.05) is 43.3 Å². The molecule has 3 aromatic heterocycles. The Morgan fingerprint density at radius 1 is 1.03 bits per heavy atom. The normalized spacial score (nSPS) is 18.9. The highest BCUT2D eigenvalue weighted by molar-refractivity contribution is 7.89. The second-order valence-corrected chi connectivity index (χ2v) is 10.5. The Kier molecular flexibility index (Phi) is 4.67. The zero-order valence-electron chi connectivity index (χ0n) is 17.7. The summed E-state index contributed by atoms with van der Waals surface area (Å²) < 4.78 is 29.6. The molecule has 7 nitrogen and oxygen atoms in total. The minimum absolute atomic E-state index is 0.252. The van der Waals surface area contributed by atoms with E-state index in [2.05, 4.69) is 28.3 Å². The molecule has 30 heavy (non-hydrogen) atoms. The minimum atomic E-state index is -3.53. The molecule has 1 aliphatic carbocycles. The van der Waals surface area contributed by atoms with E-state index in [0.29, 0.717) is 35.3 Å². The zero-order chi connectivity index (χ0) is 21.0. The second kappa shape index (κ2) is 7.13. The molecule has 4 heterocycles. The first kappa shape index (κ1) is 19.6. The van der Waals surface area contributed by atoms with Gasteiger partial charge in [0.2, 0.25) is 10.0 Å². The van der Waals surface area contributed by atoms with Crippen LogP contribution in [0.3, 0.4) is 0 Å². The number of rotatable bonds is 4. The number of hydrogen-bond acceptors (Lipinski definition) is 5. The third-order valence-corrected chi connectivity index (χ3v) is 8.70. The molecular weight excluding hydrogens is 398 g/mol. The monoisotopic (exact) mass is 425 g/mol. The van der Waals surface area contributed by atoms with Crippen molar-refractivity contribution < 1.29 is 8.42 Å². The predicted octanol–water partition coefficient (Wildman–Crippen LogP) is 3.43. The quantitative estimate of drug-likeness (QED) is 0.640. The molecule has 2 aliphatic rings. The molecule has 0 radical (unpaired) electrons. The van der Waals surface area contributed by atoms with E-state index in [1.54, 1.807) is 29.9 Å². The number of piperidine rings is 1. The van der Waals surface area contributed by atoms with Gasteiger partial charge in [-0.25, -0.2) is 18.4 Å². The lowest BCUT2D eigenvalue weighted by molar-refractivity contribution is 0.316. The maximum Gasteiger partial charge on any atom is 0.246 e. The van der Waals surface area contributed by atoms with Crippen molar-refractivity contribution in [1.29, 1.82) is 0 Å². The lowest BCUT2D eigenvalue weighted by atomic mass is 9.94. The number of hydrogen-bond donors (Lipinski definition) is 0. The SMILES string of the molecule is Cc1nn(C)c(C)c1S(=O)(=O)N1CCC(c2ccc3cc(C4CC4)cnc3n2)CC1. The van der Waals surface area contributed by atoms with Crippen LogP contribution in [-0.2, 0) is 17.1 Å². The molecule has 2 fully saturated rings. The van der Waals surface area contributed by atoms with E-state index in [0.717, 1.165) is 29.6 Å². The van der Waals surface area contributed by atoms with E-state index in [1.807, 2.05) is 6.20 Å². The van der Waals surface area contributed by atoms with Gasteiger partial charge in [0.15, 0.2) is 5.65 Å². The molecule has 1 saturated heterocycles. The number of nitrogens with zero attached hydrogens (tertiary/aromatic N) is 5. The fourth-order valence-electron chi connectivity index (χ4n) is 4.56. The molecule has 5 rings (SSSR count). The maximum atomic E-state index is 13.2. The summed E-state index contributed by atoms with van der Waals surface area (Å²) in [6.07, 6.45) is 6.01. The lowest BCUT2D eigenvalue weighted by Crippen LogP contribution is -2.38. The van der Waals surface area contributed by atoms with Crippen molar-refractivity contribution in [2.45, 2.75) is 56.3 Å². The van der Waals surface area contributed by atoms with Crippen molar-refractivity contribution in [3.8, 4) is 0 Å². The first-order chi connectivity index (χ1) is 14.3. The number of aromatic nitrogens is 4. The molecule has 0 N–H and O–H groups in total. The number of aryl methyl sites for hydroxylation is 2. The molecule has 0 aromatic carbocycles. The summed E-state index contributed by atoms with van der Waals surface area (Å²) >= 11 is 0. The maximum absolute atomic E-state index is 13.2. The Hall–Kier alpha value is -2.32. The zero-order valence-corrected chi connectivity index (χ0v) is 18.5. The Morgan fingerprint density at radius 3 is 2.40 bits per heavy atom. The fraction of sp³-hybridized carbons (Fsp3) is 0.500. The van der Waals surface area contributed by atoms with E-state index in [4.69, 9.17) is 4.98 Å². The van der Waals surface area contributed by atoms with Crippen LogP contribution in [0.2, 0.25) is 0 Å². The van der Waals surface area contributed by atoms with Crippen molar-refractivity contribution >= 4 is 21.1 Å². The van der Waals surface area contributed by atoms with Crippen LogP contribution in [0.25, 0.3) is 11.0 Å². The van der Waals surface area contributed by atoms with Crippen LogP contribution < -0.4 is 0 Å². The van der Waals surface area contributed by atoms with Crippen LogP contribution in [0.15, 0.2) is 29.3 Å². The molecule has 0 amide bonds. The van der Waals surface area contributed by atoms with Crippen LogP contribution in [0.4, 0.5) is 0 Å². The highest BCUT2D eigenvalue weighted by Gasteiger charge is 2.34. The molecule has 0 atom stereocenters. The molecule has 0 bridgehead atoms. The average Bonchev–Trinajstić information content (AvgIpc) is 3.54. The molecule has 0 unspecified atom stereocenters. The van der Waals surface area contributed by atoms with Gasteiger partial charge in [-0.2, -0.15) is 9.40 Å². The van der Waals surface area contributed by atoms with Gasteiger partial charge >= 0.3 is 0 Å². The van der Waals surface area contributed by atoms with Gasteiger partial charge in [-0.05, 0) is 69.2 Å². The second-order valence-electron chi connectivity index (χ2n) is 8.63. The van der Waals surface area contributed by atoms with E-state index in [1.165, 1.54) is 18.4 Å². The van der Waals surface area contributed by atoms with E-state index < -0.39 is 10.0 Å². The standard InChI is InChI=1S/C22H27N5O2S/c1-14-21(15(2)26(3)25-14)30(28,29)27-10-8-17(9-11-27)20-7-6-18-12-19(16-4-5-16)13-23-22(18)24-20/h6-7,12-13,16-17H,4-5,8-11H2,1-3H3. The van der Waals surface area contributed by atoms with Crippen LogP contribution in [0, 0.1) is 13.8 Å². The largest absolute Gasteiger partial charge is 0.271 e. The molecule has 0 spiro atoms. The Balaban J connectivity index is 1.33. The average molecular weight is 426 g/mol. The topological polar surface area (TPSA) is 81.0 Å². The van der Waals surface area contributed by atoms with Crippen LogP contribution >= 0.6 is 0 Å². The lowest BCUT2D eigenvalue weighted by Gasteiger charge is -2.31. The van der Waals surface area contributed by atoms with Gasteiger partial charge in [0.25, 0.3) is 0 Å². The van der Waals surface area contributed by atoms with Crippen molar-refractivity contribution in [3.05, 3.63) is 47.0 Å². The van der Waals surface area contributed by atoms with E-state index in [-0.39, 0.29) is 5.92 Å². The Labute approximate surface area is 177 Å². The highest BCUT2D eigenvalue weighted by Crippen LogP contribution is 2.40. The van der Waals surface area contributed by atoms with Crippen molar-refractivity contribution in [2.24, 2.45) is 7.05 Å². The summed E-state index contributed by atoms with van der Waals surface area (Å²) in [6.45, 7) is 4.55. The number of pyridine rings is 2. The molecule has 8 heteroatoms. The van der Waals surface area contributed by atoms with Crippen molar-refractivity contribution in [1.82, 2.24) is 24.1 Å². The summed E-state index contributed by atoms with van der Waals surface area (Å²) in [5.74, 6) is 0.932. The van der Waals surface area contributed by atoms with Gasteiger partial charge in [-0.15, -0.1) is 0 Å². The Morgan fingerprint density at radius 2 is 1.77 bits per heavy atom. The summed E-state index contributed by atoms with van der Waals surface area (Å²) in [6, 6.07) is 6.41. The van der Waals surface area contributed by atoms with Crippen LogP contribution in [0.1, 0.15) is 60.2 Å². The van der Waals surface area contributed by atoms with E-state index in [9.17, 15) is 8.42 Å². The summed E-state index contributed by atoms with van der Waals surface area (Å²) in [5.41, 5.74) is 4.36. The molecule has 1 saturated carbocycles. The van der Waals surface area contributed by atoms with Gasteiger partial charge < -0.3 is 0 Å². The molecule has 3 aromatic rings. The van der Waals surface area contributed by atoms with E-state index >= 15 is 0 Å². The fourth-order valence-corrected chi connectivity index (χ4v) is 6.43. The summed E-state index contributed by atoms with van der Waals surface area (Å²) in [4.78, 5) is 9.74. The van der Waals surface area contributed by atoms with Crippen LogP contribution in [-0.4, -0.2) is 45.6 Å². The van der Waals surface area contributed by atoms with Crippen molar-refractivity contribution in [2.75, 3.05) is 13.1 Å². The number of fused-ring (bicyclic) bond motifs is 1. The third-order valence-electron chi connectivity index (χ3n) is 6.55. The molecular formula is C22H27N5O2S. The van der Waals surface area contributed by atoms with Gasteiger partial charge in [-0.3, -0.25) is 4.68 Å². The Bertz CT molecular complexity index is 1220. The highest BCUT2D eigenvalue weighted by atomic mass is 32.2. The molecule has 158 valence electrons. The molecule has 1 aliphatic heterocycles. The van der Waals surface area contributed by atoms with Gasteiger partial charge in [-0.1, -0.05) is 0 Å². The van der Waals surface area contributed by atoms with Crippen molar-refractivity contribution in [3.63, 3.8) is 0 Å². The van der Waals surface area contributed by atoms with Crippen LogP contribution in [0.5, 0.6) is 0 Å². The third kappa shape index (κ3) is 3.32. The number of sulfonamides is 1. The first-order valence-corrected chi connectivity index (χ1v) is 12.1. The van der Waals surface area contributed by atoms with Gasteiger partial charge in [0.05, 0.1) is 11.4 Å². The smallest absolute Gasteiger partial charge is 0.246 e. The van der Waals surface area contributed by atoms with Gasteiger partial charge in [0.1, 0.15) is 4.90 Å². The predicted molar refractivity (Wildman–Crippen MR) is 115 cm³/mol. The summed E-state index contributed by atoms with van der Waals surface area (Å²) in [5, 5.41) is 5.37. The summed E-state index contributed by atoms with van der Waals surface area (Å²) in [7, 11) is -1.75.